The molecule has 1 atom stereocenters. The Kier molecular flexibility index (Phi) is 4.93. The lowest BCUT2D eigenvalue weighted by Gasteiger charge is -2.46. The number of amides is 1. The van der Waals surface area contributed by atoms with Gasteiger partial charge in [-0.05, 0) is 49.9 Å². The van der Waals surface area contributed by atoms with Crippen LogP contribution in [0.1, 0.15) is 36.0 Å². The first-order valence-corrected chi connectivity index (χ1v) is 9.41. The minimum Gasteiger partial charge on any atom is -0.390 e. The fourth-order valence-electron chi connectivity index (χ4n) is 4.00. The number of carbonyl (C=O) groups excluding carboxylic acids is 1. The van der Waals surface area contributed by atoms with Crippen molar-refractivity contribution in [1.29, 1.82) is 0 Å². The van der Waals surface area contributed by atoms with Crippen LogP contribution in [-0.4, -0.2) is 52.3 Å². The number of aliphatic hydroxyl groups excluding tert-OH is 1. The SMILES string of the molecule is O=C(c1ccc(-c2cccc(F)c2)nc1)N1CCC2(CC1)OCCCC2O. The van der Waals surface area contributed by atoms with E-state index in [2.05, 4.69) is 4.98 Å². The molecule has 5 nitrogen and oxygen atoms in total. The Bertz CT molecular complexity index is 816. The molecule has 1 amide bonds. The van der Waals surface area contributed by atoms with Gasteiger partial charge in [0.15, 0.2) is 0 Å². The second-order valence-electron chi connectivity index (χ2n) is 7.31. The summed E-state index contributed by atoms with van der Waals surface area (Å²) in [6, 6.07) is 9.69. The molecule has 1 aromatic carbocycles. The summed E-state index contributed by atoms with van der Waals surface area (Å²) in [7, 11) is 0. The maximum atomic E-state index is 13.4. The van der Waals surface area contributed by atoms with E-state index in [0.29, 0.717) is 49.4 Å². The van der Waals surface area contributed by atoms with E-state index >= 15 is 0 Å². The van der Waals surface area contributed by atoms with Gasteiger partial charge in [-0.25, -0.2) is 4.39 Å². The number of nitrogens with zero attached hydrogens (tertiary/aromatic N) is 2. The van der Waals surface area contributed by atoms with Crippen molar-refractivity contribution in [3.63, 3.8) is 0 Å². The fourth-order valence-corrected chi connectivity index (χ4v) is 4.00. The molecule has 2 aliphatic heterocycles. The van der Waals surface area contributed by atoms with Gasteiger partial charge >= 0.3 is 0 Å². The molecule has 2 saturated heterocycles. The molecule has 1 spiro atoms. The van der Waals surface area contributed by atoms with Crippen molar-refractivity contribution in [3.8, 4) is 11.3 Å². The van der Waals surface area contributed by atoms with Crippen LogP contribution < -0.4 is 0 Å². The first-order chi connectivity index (χ1) is 13.1. The molecule has 1 unspecified atom stereocenters. The van der Waals surface area contributed by atoms with Gasteiger partial charge in [0.2, 0.25) is 0 Å². The number of rotatable bonds is 2. The van der Waals surface area contributed by atoms with E-state index in [0.717, 1.165) is 12.8 Å². The number of halogens is 1. The molecule has 0 bridgehead atoms. The van der Waals surface area contributed by atoms with Crippen LogP contribution in [0.5, 0.6) is 0 Å². The molecule has 6 heteroatoms. The van der Waals surface area contributed by atoms with Crippen molar-refractivity contribution in [2.75, 3.05) is 19.7 Å². The summed E-state index contributed by atoms with van der Waals surface area (Å²) in [5.74, 6) is -0.391. The molecule has 0 saturated carbocycles. The Hall–Kier alpha value is -2.31. The van der Waals surface area contributed by atoms with Gasteiger partial charge < -0.3 is 14.7 Å². The predicted molar refractivity (Wildman–Crippen MR) is 98.7 cm³/mol. The van der Waals surface area contributed by atoms with Gasteiger partial charge in [-0.3, -0.25) is 9.78 Å². The number of ether oxygens (including phenoxy) is 1. The standard InChI is InChI=1S/C21H23FN2O3/c22-17-4-1-3-15(13-17)18-7-6-16(14-23-18)20(26)24-10-8-21(9-11-24)19(25)5-2-12-27-21/h1,3-4,6-7,13-14,19,25H,2,5,8-12H2. The number of pyridine rings is 1. The highest BCUT2D eigenvalue weighted by atomic mass is 19.1. The lowest BCUT2D eigenvalue weighted by atomic mass is 9.82. The van der Waals surface area contributed by atoms with Gasteiger partial charge in [-0.2, -0.15) is 0 Å². The molecule has 4 rings (SSSR count). The van der Waals surface area contributed by atoms with E-state index < -0.39 is 11.7 Å². The second-order valence-corrected chi connectivity index (χ2v) is 7.31. The Balaban J connectivity index is 1.43. The molecule has 2 fully saturated rings. The van der Waals surface area contributed by atoms with E-state index in [1.807, 2.05) is 0 Å². The lowest BCUT2D eigenvalue weighted by Crippen LogP contribution is -2.56. The number of aliphatic hydroxyl groups is 1. The van der Waals surface area contributed by atoms with Crippen LogP contribution in [0, 0.1) is 5.82 Å². The van der Waals surface area contributed by atoms with E-state index in [1.165, 1.54) is 12.1 Å². The van der Waals surface area contributed by atoms with Gasteiger partial charge in [0.1, 0.15) is 5.82 Å². The molecule has 0 aliphatic carbocycles. The van der Waals surface area contributed by atoms with Crippen molar-refractivity contribution >= 4 is 5.91 Å². The van der Waals surface area contributed by atoms with Crippen molar-refractivity contribution in [2.45, 2.75) is 37.4 Å². The number of benzene rings is 1. The normalized spacial score (nSPS) is 22.0. The summed E-state index contributed by atoms with van der Waals surface area (Å²) >= 11 is 0. The van der Waals surface area contributed by atoms with Crippen LogP contribution in [0.3, 0.4) is 0 Å². The molecule has 0 radical (unpaired) electrons. The monoisotopic (exact) mass is 370 g/mol. The fraction of sp³-hybridized carbons (Fsp3) is 0.429. The smallest absolute Gasteiger partial charge is 0.255 e. The average molecular weight is 370 g/mol. The number of aromatic nitrogens is 1. The molecule has 2 aromatic rings. The Morgan fingerprint density at radius 3 is 2.74 bits per heavy atom. The van der Waals surface area contributed by atoms with Crippen LogP contribution in [-0.2, 0) is 4.74 Å². The average Bonchev–Trinajstić information content (AvgIpc) is 2.71. The van der Waals surface area contributed by atoms with Crippen LogP contribution in [0.25, 0.3) is 11.3 Å². The molecular formula is C21H23FN2O3. The minimum absolute atomic E-state index is 0.0755. The first kappa shape index (κ1) is 18.1. The minimum atomic E-state index is -0.492. The number of likely N-dealkylation sites (tertiary alicyclic amines) is 1. The maximum Gasteiger partial charge on any atom is 0.255 e. The Labute approximate surface area is 157 Å². The van der Waals surface area contributed by atoms with E-state index in [9.17, 15) is 14.3 Å². The van der Waals surface area contributed by atoms with E-state index in [4.69, 9.17) is 4.74 Å². The summed E-state index contributed by atoms with van der Waals surface area (Å²) in [6.45, 7) is 1.79. The van der Waals surface area contributed by atoms with Gasteiger partial charge in [0, 0.05) is 31.5 Å². The van der Waals surface area contributed by atoms with Crippen LogP contribution in [0.4, 0.5) is 4.39 Å². The lowest BCUT2D eigenvalue weighted by molar-refractivity contribution is -0.174. The molecule has 27 heavy (non-hydrogen) atoms. The quantitative estimate of drug-likeness (QED) is 0.883. The third-order valence-electron chi connectivity index (χ3n) is 5.65. The predicted octanol–water partition coefficient (Wildman–Crippen LogP) is 3.03. The Morgan fingerprint density at radius 1 is 1.26 bits per heavy atom. The molecule has 142 valence electrons. The van der Waals surface area contributed by atoms with Crippen molar-refractivity contribution in [3.05, 3.63) is 54.0 Å². The molecule has 1 N–H and O–H groups in total. The number of piperidine rings is 1. The van der Waals surface area contributed by atoms with Gasteiger partial charge in [-0.15, -0.1) is 0 Å². The van der Waals surface area contributed by atoms with Gasteiger partial charge in [0.25, 0.3) is 5.91 Å². The van der Waals surface area contributed by atoms with E-state index in [1.54, 1.807) is 35.4 Å². The molecule has 2 aliphatic rings. The maximum absolute atomic E-state index is 13.4. The Morgan fingerprint density at radius 2 is 2.07 bits per heavy atom. The third-order valence-corrected chi connectivity index (χ3v) is 5.65. The van der Waals surface area contributed by atoms with Gasteiger partial charge in [0.05, 0.1) is 23.0 Å². The van der Waals surface area contributed by atoms with E-state index in [-0.39, 0.29) is 11.7 Å². The topological polar surface area (TPSA) is 62.7 Å². The number of hydrogen-bond acceptors (Lipinski definition) is 4. The third kappa shape index (κ3) is 3.59. The first-order valence-electron chi connectivity index (χ1n) is 9.41. The highest BCUT2D eigenvalue weighted by molar-refractivity contribution is 5.94. The second kappa shape index (κ2) is 7.37. The van der Waals surface area contributed by atoms with Crippen molar-refractivity contribution in [1.82, 2.24) is 9.88 Å². The largest absolute Gasteiger partial charge is 0.390 e. The number of carbonyl (C=O) groups is 1. The van der Waals surface area contributed by atoms with Gasteiger partial charge in [-0.1, -0.05) is 12.1 Å². The summed E-state index contributed by atoms with van der Waals surface area (Å²) in [4.78, 5) is 18.9. The summed E-state index contributed by atoms with van der Waals surface area (Å²) < 4.78 is 19.3. The van der Waals surface area contributed by atoms with Crippen LogP contribution >= 0.6 is 0 Å². The summed E-state index contributed by atoms with van der Waals surface area (Å²) in [5, 5.41) is 10.3. The molecule has 3 heterocycles. The van der Waals surface area contributed by atoms with Crippen molar-refractivity contribution in [2.24, 2.45) is 0 Å². The number of hydrogen-bond donors (Lipinski definition) is 1. The highest BCUT2D eigenvalue weighted by Gasteiger charge is 2.44. The summed E-state index contributed by atoms with van der Waals surface area (Å²) in [6.07, 6.45) is 4.03. The zero-order chi connectivity index (χ0) is 18.9. The van der Waals surface area contributed by atoms with Crippen molar-refractivity contribution < 1.29 is 19.0 Å². The highest BCUT2D eigenvalue weighted by Crippen LogP contribution is 2.35. The van der Waals surface area contributed by atoms with Crippen LogP contribution in [0.2, 0.25) is 0 Å². The van der Waals surface area contributed by atoms with Crippen LogP contribution in [0.15, 0.2) is 42.6 Å². The molecular weight excluding hydrogens is 347 g/mol. The summed E-state index contributed by atoms with van der Waals surface area (Å²) in [5.41, 5.74) is 1.32. The zero-order valence-electron chi connectivity index (χ0n) is 15.1. The zero-order valence-corrected chi connectivity index (χ0v) is 15.1. The molecule has 1 aromatic heterocycles.